The highest BCUT2D eigenvalue weighted by Crippen LogP contribution is 2.15. The van der Waals surface area contributed by atoms with Crippen LogP contribution in [0.2, 0.25) is 0 Å². The zero-order valence-corrected chi connectivity index (χ0v) is 9.13. The molecule has 1 aromatic heterocycles. The van der Waals surface area contributed by atoms with Gasteiger partial charge in [0.15, 0.2) is 5.82 Å². The number of ether oxygens (including phenoxy) is 1. The molecule has 2 heterocycles. The van der Waals surface area contributed by atoms with Crippen LogP contribution in [-0.4, -0.2) is 46.2 Å². The number of morpholine rings is 1. The summed E-state index contributed by atoms with van der Waals surface area (Å²) >= 11 is 1.13. The Hall–Kier alpha value is -1.48. The van der Waals surface area contributed by atoms with Crippen molar-refractivity contribution in [2.24, 2.45) is 0 Å². The molecule has 1 saturated heterocycles. The Kier molecular flexibility index (Phi) is 3.47. The lowest BCUT2D eigenvalue weighted by atomic mass is 10.3. The molecule has 1 fully saturated rings. The summed E-state index contributed by atoms with van der Waals surface area (Å²) in [4.78, 5) is 16.3. The van der Waals surface area contributed by atoms with E-state index in [4.69, 9.17) is 4.74 Å². The van der Waals surface area contributed by atoms with Crippen LogP contribution in [0.25, 0.3) is 0 Å². The highest BCUT2D eigenvalue weighted by Gasteiger charge is 2.22. The van der Waals surface area contributed by atoms with E-state index < -0.39 is 5.09 Å². The molecule has 0 radical (unpaired) electrons. The first kappa shape index (κ1) is 11.0. The van der Waals surface area contributed by atoms with E-state index in [9.17, 15) is 10.1 Å². The van der Waals surface area contributed by atoms with Crippen LogP contribution in [0, 0.1) is 10.1 Å². The van der Waals surface area contributed by atoms with Crippen LogP contribution in [-0.2, 0) is 9.57 Å². The van der Waals surface area contributed by atoms with Crippen molar-refractivity contribution in [3.8, 4) is 0 Å². The molecule has 1 atom stereocenters. The quantitative estimate of drug-likeness (QED) is 0.543. The maximum atomic E-state index is 10.0. The standard InChI is InChI=1S/C7H10N4O4S/c12-11(13)15-5-6-4-10(1-2-14-6)7-3-8-16-9-7/h3,6H,1-2,4-5H2. The molecule has 1 aromatic rings. The van der Waals surface area contributed by atoms with E-state index >= 15 is 0 Å². The van der Waals surface area contributed by atoms with Gasteiger partial charge in [0.05, 0.1) is 30.6 Å². The van der Waals surface area contributed by atoms with Crippen LogP contribution in [0.15, 0.2) is 6.20 Å². The van der Waals surface area contributed by atoms with Crippen molar-refractivity contribution in [2.75, 3.05) is 31.2 Å². The van der Waals surface area contributed by atoms with E-state index in [0.29, 0.717) is 19.7 Å². The highest BCUT2D eigenvalue weighted by atomic mass is 32.1. The molecule has 1 unspecified atom stereocenters. The molecule has 9 heteroatoms. The minimum absolute atomic E-state index is 0.0545. The van der Waals surface area contributed by atoms with E-state index in [2.05, 4.69) is 13.6 Å². The Morgan fingerprint density at radius 1 is 1.81 bits per heavy atom. The SMILES string of the molecule is O=[N+]([O-])OCC1CN(c2cnsn2)CCO1. The largest absolute Gasteiger partial charge is 0.373 e. The molecule has 0 spiro atoms. The lowest BCUT2D eigenvalue weighted by molar-refractivity contribution is -0.759. The molecule has 0 amide bonds. The van der Waals surface area contributed by atoms with Gasteiger partial charge in [0.1, 0.15) is 6.61 Å². The third-order valence-corrected chi connectivity index (χ3v) is 2.65. The van der Waals surface area contributed by atoms with Gasteiger partial charge in [-0.15, -0.1) is 10.1 Å². The zero-order chi connectivity index (χ0) is 11.4. The molecule has 0 aliphatic carbocycles. The second-order valence-corrected chi connectivity index (χ2v) is 3.78. The topological polar surface area (TPSA) is 90.6 Å². The van der Waals surface area contributed by atoms with Crippen LogP contribution >= 0.6 is 11.7 Å². The van der Waals surface area contributed by atoms with E-state index in [-0.39, 0.29) is 12.7 Å². The van der Waals surface area contributed by atoms with Crippen LogP contribution in [0.5, 0.6) is 0 Å². The fraction of sp³-hybridized carbons (Fsp3) is 0.714. The van der Waals surface area contributed by atoms with Crippen molar-refractivity contribution in [1.82, 2.24) is 8.75 Å². The van der Waals surface area contributed by atoms with Crippen molar-refractivity contribution < 1.29 is 14.7 Å². The van der Waals surface area contributed by atoms with Gasteiger partial charge in [-0.3, -0.25) is 0 Å². The molecule has 0 bridgehead atoms. The van der Waals surface area contributed by atoms with Crippen molar-refractivity contribution in [3.05, 3.63) is 16.3 Å². The minimum atomic E-state index is -0.813. The molecule has 88 valence electrons. The fourth-order valence-corrected chi connectivity index (χ4v) is 1.91. The predicted molar refractivity (Wildman–Crippen MR) is 54.8 cm³/mol. The summed E-state index contributed by atoms with van der Waals surface area (Å²) in [6.07, 6.45) is 1.36. The van der Waals surface area contributed by atoms with Crippen LogP contribution < -0.4 is 4.90 Å². The first-order valence-corrected chi connectivity index (χ1v) is 5.40. The second-order valence-electron chi connectivity index (χ2n) is 3.22. The van der Waals surface area contributed by atoms with Crippen LogP contribution in [0.1, 0.15) is 0 Å². The van der Waals surface area contributed by atoms with Crippen LogP contribution in [0.4, 0.5) is 5.82 Å². The van der Waals surface area contributed by atoms with E-state index in [1.807, 2.05) is 4.90 Å². The van der Waals surface area contributed by atoms with Gasteiger partial charge in [-0.1, -0.05) is 0 Å². The summed E-state index contributed by atoms with van der Waals surface area (Å²) in [6.45, 7) is 1.68. The molecule has 16 heavy (non-hydrogen) atoms. The van der Waals surface area contributed by atoms with Gasteiger partial charge in [0, 0.05) is 13.1 Å². The fourth-order valence-electron chi connectivity index (χ4n) is 1.47. The number of nitrogens with zero attached hydrogens (tertiary/aromatic N) is 4. The van der Waals surface area contributed by atoms with Gasteiger partial charge in [-0.05, 0) is 0 Å². The van der Waals surface area contributed by atoms with Gasteiger partial charge in [0.25, 0.3) is 5.09 Å². The lowest BCUT2D eigenvalue weighted by Gasteiger charge is -2.32. The predicted octanol–water partition coefficient (Wildman–Crippen LogP) is -0.0484. The molecule has 2 rings (SSSR count). The summed E-state index contributed by atoms with van der Waals surface area (Å²) < 4.78 is 13.3. The number of hydrogen-bond acceptors (Lipinski definition) is 8. The van der Waals surface area contributed by atoms with Crippen molar-refractivity contribution >= 4 is 17.5 Å². The molecule has 0 saturated carbocycles. The Bertz CT molecular complexity index is 346. The summed E-state index contributed by atoms with van der Waals surface area (Å²) in [6, 6.07) is 0. The first-order chi connectivity index (χ1) is 7.75. The number of rotatable bonds is 4. The van der Waals surface area contributed by atoms with E-state index in [0.717, 1.165) is 17.5 Å². The monoisotopic (exact) mass is 246 g/mol. The Morgan fingerprint density at radius 2 is 2.69 bits per heavy atom. The third kappa shape index (κ3) is 2.76. The van der Waals surface area contributed by atoms with Gasteiger partial charge < -0.3 is 14.5 Å². The Labute approximate surface area is 95.2 Å². The second kappa shape index (κ2) is 5.03. The summed E-state index contributed by atoms with van der Waals surface area (Å²) in [5.41, 5.74) is 0. The average Bonchev–Trinajstić information content (AvgIpc) is 2.80. The molecular formula is C7H10N4O4S. The van der Waals surface area contributed by atoms with Gasteiger partial charge in [-0.2, -0.15) is 8.75 Å². The highest BCUT2D eigenvalue weighted by molar-refractivity contribution is 6.99. The van der Waals surface area contributed by atoms with Gasteiger partial charge >= 0.3 is 0 Å². The zero-order valence-electron chi connectivity index (χ0n) is 8.31. The third-order valence-electron chi connectivity index (χ3n) is 2.18. The van der Waals surface area contributed by atoms with E-state index in [1.54, 1.807) is 6.20 Å². The van der Waals surface area contributed by atoms with Gasteiger partial charge in [0.2, 0.25) is 0 Å². The Balaban J connectivity index is 1.87. The van der Waals surface area contributed by atoms with Crippen LogP contribution in [0.3, 0.4) is 0 Å². The maximum Gasteiger partial charge on any atom is 0.294 e. The van der Waals surface area contributed by atoms with Crippen molar-refractivity contribution in [1.29, 1.82) is 0 Å². The molecule has 0 aromatic carbocycles. The average molecular weight is 246 g/mol. The first-order valence-electron chi connectivity index (χ1n) is 4.67. The van der Waals surface area contributed by atoms with E-state index in [1.165, 1.54) is 0 Å². The normalized spacial score (nSPS) is 20.8. The summed E-state index contributed by atoms with van der Waals surface area (Å²) in [5.74, 6) is 0.777. The van der Waals surface area contributed by atoms with Crippen molar-refractivity contribution in [3.63, 3.8) is 0 Å². The number of aromatic nitrogens is 2. The maximum absolute atomic E-state index is 10.0. The lowest BCUT2D eigenvalue weighted by Crippen LogP contribution is -2.44. The molecule has 1 aliphatic heterocycles. The Morgan fingerprint density at radius 3 is 3.38 bits per heavy atom. The smallest absolute Gasteiger partial charge is 0.294 e. The summed E-state index contributed by atoms with van der Waals surface area (Å²) in [5, 5.41) is 9.23. The molecule has 1 aliphatic rings. The molecule has 0 N–H and O–H groups in total. The molecule has 8 nitrogen and oxygen atoms in total. The summed E-state index contributed by atoms with van der Waals surface area (Å²) in [7, 11) is 0. The minimum Gasteiger partial charge on any atom is -0.373 e. The molecular weight excluding hydrogens is 236 g/mol. The number of anilines is 1. The van der Waals surface area contributed by atoms with Gasteiger partial charge in [-0.25, -0.2) is 0 Å². The number of hydrogen-bond donors (Lipinski definition) is 0. The van der Waals surface area contributed by atoms with Crippen molar-refractivity contribution in [2.45, 2.75) is 6.10 Å².